The molecule has 3 aromatic carbocycles. The maximum atomic E-state index is 13.2. The lowest BCUT2D eigenvalue weighted by Gasteiger charge is -2.58. The van der Waals surface area contributed by atoms with Crippen LogP contribution in [0.5, 0.6) is 0 Å². The average molecular weight is 494 g/mol. The first-order valence-electron chi connectivity index (χ1n) is 13.2. The number of aliphatic hydroxyl groups is 1. The summed E-state index contributed by atoms with van der Waals surface area (Å²) in [5, 5.41) is 13.6. The molecule has 0 radical (unpaired) electrons. The van der Waals surface area contributed by atoms with Crippen LogP contribution in [0.1, 0.15) is 47.9 Å². The van der Waals surface area contributed by atoms with Gasteiger partial charge in [0, 0.05) is 54.5 Å². The number of hydrogen-bond donors (Lipinski definition) is 2. The summed E-state index contributed by atoms with van der Waals surface area (Å²) in [5.41, 5.74) is 5.21. The first-order chi connectivity index (χ1) is 18.0. The number of benzene rings is 3. The molecule has 4 atom stereocenters. The summed E-state index contributed by atoms with van der Waals surface area (Å²) in [7, 11) is 0. The lowest BCUT2D eigenvalue weighted by atomic mass is 9.73. The number of nitrogens with one attached hydrogen (secondary N) is 1. The maximum absolute atomic E-state index is 13.2. The quantitative estimate of drug-likeness (QED) is 0.491. The number of amides is 2. The molecule has 0 aromatic heterocycles. The highest BCUT2D eigenvalue weighted by atomic mass is 16.3. The van der Waals surface area contributed by atoms with Gasteiger partial charge in [0.05, 0.1) is 6.10 Å². The van der Waals surface area contributed by atoms with Gasteiger partial charge < -0.3 is 15.3 Å². The standard InChI is InChI=1S/C32H35N3O2/c1-3-29-31(26-15-13-25(14-16-26)12-11-24-7-5-4-6-8-24)30-22-34(21-28(36)19-20-35(29)30)32(37)33-27-17-9-23(2)10-18-27/h4-10,13-18,28-31,36H,3,19-22H2,1-2H3,(H,33,37)/t28-,29+,30-,31-/m0/s1. The smallest absolute Gasteiger partial charge is 0.321 e. The van der Waals surface area contributed by atoms with Crippen molar-refractivity contribution < 1.29 is 9.90 Å². The van der Waals surface area contributed by atoms with Crippen LogP contribution >= 0.6 is 0 Å². The van der Waals surface area contributed by atoms with E-state index in [4.69, 9.17) is 0 Å². The Balaban J connectivity index is 1.33. The lowest BCUT2D eigenvalue weighted by Crippen LogP contribution is -2.67. The van der Waals surface area contributed by atoms with E-state index < -0.39 is 6.10 Å². The Hall–Kier alpha value is -3.59. The van der Waals surface area contributed by atoms with Crippen molar-refractivity contribution in [1.29, 1.82) is 0 Å². The van der Waals surface area contributed by atoms with Crippen LogP contribution in [0.2, 0.25) is 0 Å². The molecule has 190 valence electrons. The molecule has 0 spiro atoms. The van der Waals surface area contributed by atoms with E-state index in [1.54, 1.807) is 4.90 Å². The zero-order chi connectivity index (χ0) is 25.8. The Labute approximate surface area is 220 Å². The largest absolute Gasteiger partial charge is 0.391 e. The molecule has 2 amide bonds. The highest BCUT2D eigenvalue weighted by molar-refractivity contribution is 5.89. The van der Waals surface area contributed by atoms with Gasteiger partial charge in [-0.15, -0.1) is 0 Å². The normalized spacial score (nSPS) is 23.5. The number of carbonyl (C=O) groups is 1. The number of aliphatic hydroxyl groups excluding tert-OH is 1. The Morgan fingerprint density at radius 1 is 0.946 bits per heavy atom. The zero-order valence-electron chi connectivity index (χ0n) is 21.6. The first-order valence-corrected chi connectivity index (χ1v) is 13.2. The van der Waals surface area contributed by atoms with Crippen molar-refractivity contribution in [2.45, 2.75) is 50.8 Å². The van der Waals surface area contributed by atoms with Crippen LogP contribution in [0.4, 0.5) is 10.5 Å². The van der Waals surface area contributed by atoms with E-state index in [1.807, 2.05) is 61.5 Å². The molecular formula is C32H35N3O2. The molecule has 2 fully saturated rings. The predicted octanol–water partition coefficient (Wildman–Crippen LogP) is 5.24. The number of carbonyl (C=O) groups excluding carboxylic acids is 1. The van der Waals surface area contributed by atoms with Crippen molar-refractivity contribution in [1.82, 2.24) is 9.80 Å². The molecule has 0 bridgehead atoms. The van der Waals surface area contributed by atoms with E-state index in [2.05, 4.69) is 53.2 Å². The Kier molecular flexibility index (Phi) is 7.60. The maximum Gasteiger partial charge on any atom is 0.321 e. The number of urea groups is 1. The second kappa shape index (κ2) is 11.2. The minimum Gasteiger partial charge on any atom is -0.391 e. The minimum absolute atomic E-state index is 0.157. The summed E-state index contributed by atoms with van der Waals surface area (Å²) in [5.74, 6) is 6.84. The molecule has 0 unspecified atom stereocenters. The summed E-state index contributed by atoms with van der Waals surface area (Å²) in [4.78, 5) is 17.5. The molecular weight excluding hydrogens is 458 g/mol. The molecule has 5 nitrogen and oxygen atoms in total. The summed E-state index contributed by atoms with van der Waals surface area (Å²) in [6.45, 7) is 6.04. The molecule has 5 heteroatoms. The van der Waals surface area contributed by atoms with Crippen LogP contribution < -0.4 is 5.32 Å². The monoisotopic (exact) mass is 493 g/mol. The number of nitrogens with zero attached hydrogens (tertiary/aromatic N) is 2. The topological polar surface area (TPSA) is 55.8 Å². The number of rotatable bonds is 3. The highest BCUT2D eigenvalue weighted by Crippen LogP contribution is 2.43. The SMILES string of the molecule is CC[C@@H]1[C@H](c2ccc(C#Cc3ccccc3)cc2)[C@@H]2CN(C(=O)Nc3ccc(C)cc3)C[C@@H](O)CCN12. The van der Waals surface area contributed by atoms with Crippen LogP contribution in [-0.4, -0.2) is 58.8 Å². The van der Waals surface area contributed by atoms with E-state index >= 15 is 0 Å². The van der Waals surface area contributed by atoms with Crippen LogP contribution in [0.25, 0.3) is 0 Å². The molecule has 2 saturated heterocycles. The van der Waals surface area contributed by atoms with Crippen molar-refractivity contribution in [2.24, 2.45) is 0 Å². The van der Waals surface area contributed by atoms with Crippen LogP contribution in [0, 0.1) is 18.8 Å². The van der Waals surface area contributed by atoms with Crippen LogP contribution in [0.3, 0.4) is 0 Å². The van der Waals surface area contributed by atoms with Crippen LogP contribution in [-0.2, 0) is 0 Å². The number of fused-ring (bicyclic) bond motifs is 1. The zero-order valence-corrected chi connectivity index (χ0v) is 21.6. The van der Waals surface area contributed by atoms with E-state index in [1.165, 1.54) is 5.56 Å². The van der Waals surface area contributed by atoms with Crippen molar-refractivity contribution >= 4 is 11.7 Å². The molecule has 0 saturated carbocycles. The van der Waals surface area contributed by atoms with E-state index in [9.17, 15) is 9.90 Å². The fourth-order valence-corrected chi connectivity index (χ4v) is 5.70. The minimum atomic E-state index is -0.524. The summed E-state index contributed by atoms with van der Waals surface area (Å²) in [6.07, 6.45) is 1.17. The molecule has 37 heavy (non-hydrogen) atoms. The number of aryl methyl sites for hydroxylation is 1. The van der Waals surface area contributed by atoms with Crippen LogP contribution in [0.15, 0.2) is 78.9 Å². The van der Waals surface area contributed by atoms with Crippen molar-refractivity contribution in [3.8, 4) is 11.8 Å². The third-order valence-corrected chi connectivity index (χ3v) is 7.67. The van der Waals surface area contributed by atoms with Gasteiger partial charge in [-0.25, -0.2) is 4.79 Å². The van der Waals surface area contributed by atoms with Crippen molar-refractivity contribution in [3.05, 3.63) is 101 Å². The van der Waals surface area contributed by atoms with Crippen molar-refractivity contribution in [2.75, 3.05) is 25.0 Å². The predicted molar refractivity (Wildman–Crippen MR) is 149 cm³/mol. The number of β-amino-alcohol motifs (C(OH)–C–C–N with tert-alkyl or cyclic N) is 1. The molecule has 5 rings (SSSR count). The average Bonchev–Trinajstić information content (AvgIpc) is 2.90. The van der Waals surface area contributed by atoms with Crippen molar-refractivity contribution in [3.63, 3.8) is 0 Å². The number of hydrogen-bond acceptors (Lipinski definition) is 3. The second-order valence-corrected chi connectivity index (χ2v) is 10.2. The Bertz CT molecular complexity index is 1260. The molecule has 3 aromatic rings. The van der Waals surface area contributed by atoms with E-state index in [0.29, 0.717) is 31.5 Å². The van der Waals surface area contributed by atoms with Gasteiger partial charge in [-0.2, -0.15) is 0 Å². The first kappa shape index (κ1) is 25.1. The molecule has 0 aliphatic carbocycles. The van der Waals surface area contributed by atoms with E-state index in [-0.39, 0.29) is 12.1 Å². The lowest BCUT2D eigenvalue weighted by molar-refractivity contribution is -0.0543. The highest BCUT2D eigenvalue weighted by Gasteiger charge is 2.49. The van der Waals surface area contributed by atoms with Gasteiger partial charge >= 0.3 is 6.03 Å². The van der Waals surface area contributed by atoms with Gasteiger partial charge in [0.2, 0.25) is 0 Å². The third-order valence-electron chi connectivity index (χ3n) is 7.67. The molecule has 2 N–H and O–H groups in total. The fourth-order valence-electron chi connectivity index (χ4n) is 5.70. The van der Waals surface area contributed by atoms with Gasteiger partial charge in [0.1, 0.15) is 0 Å². The second-order valence-electron chi connectivity index (χ2n) is 10.2. The Morgan fingerprint density at radius 2 is 1.62 bits per heavy atom. The van der Waals surface area contributed by atoms with Gasteiger partial charge in [-0.1, -0.05) is 66.8 Å². The molecule has 2 aliphatic heterocycles. The molecule has 2 heterocycles. The van der Waals surface area contributed by atoms with Gasteiger partial charge in [-0.3, -0.25) is 4.90 Å². The molecule has 2 aliphatic rings. The van der Waals surface area contributed by atoms with E-state index in [0.717, 1.165) is 35.3 Å². The fraction of sp³-hybridized carbons (Fsp3) is 0.344. The third kappa shape index (κ3) is 5.72. The Morgan fingerprint density at radius 3 is 2.30 bits per heavy atom. The van der Waals surface area contributed by atoms with Gasteiger partial charge in [-0.05, 0) is 61.7 Å². The van der Waals surface area contributed by atoms with Gasteiger partial charge in [0.25, 0.3) is 0 Å². The summed E-state index contributed by atoms with van der Waals surface area (Å²) in [6, 6.07) is 26.9. The van der Waals surface area contributed by atoms with Gasteiger partial charge in [0.15, 0.2) is 0 Å². The summed E-state index contributed by atoms with van der Waals surface area (Å²) < 4.78 is 0. The number of anilines is 1. The summed E-state index contributed by atoms with van der Waals surface area (Å²) >= 11 is 0.